The van der Waals surface area contributed by atoms with Gasteiger partial charge in [-0.1, -0.05) is 43.4 Å². The van der Waals surface area contributed by atoms with Crippen molar-refractivity contribution in [2.45, 2.75) is 26.7 Å². The average Bonchev–Trinajstić information content (AvgIpc) is 2.91. The van der Waals surface area contributed by atoms with E-state index in [1.165, 1.54) is 11.3 Å². The summed E-state index contributed by atoms with van der Waals surface area (Å²) in [4.78, 5) is 17.2. The number of carbonyl (C=O) groups excluding carboxylic acids is 1. The van der Waals surface area contributed by atoms with Gasteiger partial charge in [0.05, 0.1) is 11.1 Å². The lowest BCUT2D eigenvalue weighted by Crippen LogP contribution is -2.13. The molecule has 0 atom stereocenters. The van der Waals surface area contributed by atoms with E-state index in [1.54, 1.807) is 0 Å². The summed E-state index contributed by atoms with van der Waals surface area (Å²) in [6.45, 7) is 5.98. The SMILES string of the molecule is Cc1nnc(NC(=O)c2cc(C(C)C)nc3ccccc23)s1. The third kappa shape index (κ3) is 2.82. The number of aromatic nitrogens is 3. The van der Waals surface area contributed by atoms with Crippen molar-refractivity contribution in [3.05, 3.63) is 46.6 Å². The molecule has 0 spiro atoms. The van der Waals surface area contributed by atoms with E-state index in [2.05, 4.69) is 34.3 Å². The number of anilines is 1. The number of rotatable bonds is 3. The van der Waals surface area contributed by atoms with Crippen LogP contribution in [0.5, 0.6) is 0 Å². The fraction of sp³-hybridized carbons (Fsp3) is 0.250. The van der Waals surface area contributed by atoms with Crippen LogP contribution < -0.4 is 5.32 Å². The Hall–Kier alpha value is -2.34. The van der Waals surface area contributed by atoms with Crippen LogP contribution >= 0.6 is 11.3 Å². The zero-order chi connectivity index (χ0) is 15.7. The summed E-state index contributed by atoms with van der Waals surface area (Å²) in [6.07, 6.45) is 0. The van der Waals surface area contributed by atoms with Crippen LogP contribution in [0.2, 0.25) is 0 Å². The molecule has 0 fully saturated rings. The third-order valence-electron chi connectivity index (χ3n) is 3.32. The first kappa shape index (κ1) is 14.6. The van der Waals surface area contributed by atoms with Crippen molar-refractivity contribution >= 4 is 33.3 Å². The number of carbonyl (C=O) groups is 1. The molecule has 0 aliphatic carbocycles. The van der Waals surface area contributed by atoms with Gasteiger partial charge in [0.25, 0.3) is 5.91 Å². The number of fused-ring (bicyclic) bond motifs is 1. The predicted octanol–water partition coefficient (Wildman–Crippen LogP) is 3.77. The molecule has 0 aliphatic rings. The molecule has 1 N–H and O–H groups in total. The van der Waals surface area contributed by atoms with E-state index in [9.17, 15) is 4.79 Å². The summed E-state index contributed by atoms with van der Waals surface area (Å²) in [7, 11) is 0. The number of hydrogen-bond acceptors (Lipinski definition) is 5. The van der Waals surface area contributed by atoms with Crippen molar-refractivity contribution in [2.75, 3.05) is 5.32 Å². The molecular weight excluding hydrogens is 296 g/mol. The first-order valence-electron chi connectivity index (χ1n) is 7.05. The van der Waals surface area contributed by atoms with Gasteiger partial charge in [0, 0.05) is 11.1 Å². The summed E-state index contributed by atoms with van der Waals surface area (Å²) < 4.78 is 0. The van der Waals surface area contributed by atoms with Crippen LogP contribution in [0.25, 0.3) is 10.9 Å². The van der Waals surface area contributed by atoms with Crippen molar-refractivity contribution in [3.8, 4) is 0 Å². The van der Waals surface area contributed by atoms with Crippen LogP contribution in [0.1, 0.15) is 40.8 Å². The molecule has 5 nitrogen and oxygen atoms in total. The molecular formula is C16H16N4OS. The topological polar surface area (TPSA) is 67.8 Å². The third-order valence-corrected chi connectivity index (χ3v) is 4.07. The highest BCUT2D eigenvalue weighted by Gasteiger charge is 2.15. The van der Waals surface area contributed by atoms with E-state index >= 15 is 0 Å². The van der Waals surface area contributed by atoms with Gasteiger partial charge in [-0.25, -0.2) is 0 Å². The van der Waals surface area contributed by atoms with Crippen LogP contribution in [0, 0.1) is 6.92 Å². The van der Waals surface area contributed by atoms with E-state index in [4.69, 9.17) is 0 Å². The van der Waals surface area contributed by atoms with Crippen LogP contribution in [0.3, 0.4) is 0 Å². The van der Waals surface area contributed by atoms with E-state index < -0.39 is 0 Å². The quantitative estimate of drug-likeness (QED) is 0.799. The molecule has 0 bridgehead atoms. The van der Waals surface area contributed by atoms with Gasteiger partial charge in [0.2, 0.25) is 5.13 Å². The van der Waals surface area contributed by atoms with Crippen molar-refractivity contribution < 1.29 is 4.79 Å². The Morgan fingerprint density at radius 2 is 2.00 bits per heavy atom. The van der Waals surface area contributed by atoms with Crippen LogP contribution in [0.15, 0.2) is 30.3 Å². The number of nitrogens with one attached hydrogen (secondary N) is 1. The summed E-state index contributed by atoms with van der Waals surface area (Å²) in [5.74, 6) is 0.0663. The molecule has 1 aromatic carbocycles. The lowest BCUT2D eigenvalue weighted by molar-refractivity contribution is 0.102. The number of benzene rings is 1. The highest BCUT2D eigenvalue weighted by molar-refractivity contribution is 7.15. The zero-order valence-corrected chi connectivity index (χ0v) is 13.4. The fourth-order valence-electron chi connectivity index (χ4n) is 2.19. The Kier molecular flexibility index (Phi) is 3.85. The Morgan fingerprint density at radius 3 is 2.68 bits per heavy atom. The van der Waals surface area contributed by atoms with E-state index in [0.717, 1.165) is 21.6 Å². The van der Waals surface area contributed by atoms with Gasteiger partial charge in [0.15, 0.2) is 0 Å². The number of amides is 1. The lowest BCUT2D eigenvalue weighted by atomic mass is 10.0. The highest BCUT2D eigenvalue weighted by atomic mass is 32.1. The van der Waals surface area contributed by atoms with Crippen LogP contribution in [0.4, 0.5) is 5.13 Å². The normalized spacial score (nSPS) is 11.1. The molecule has 0 radical (unpaired) electrons. The number of hydrogen-bond donors (Lipinski definition) is 1. The molecule has 112 valence electrons. The Balaban J connectivity index is 2.06. The van der Waals surface area contributed by atoms with E-state index in [-0.39, 0.29) is 11.8 Å². The maximum atomic E-state index is 12.6. The maximum absolute atomic E-state index is 12.6. The number of aryl methyl sites for hydroxylation is 1. The second-order valence-corrected chi connectivity index (χ2v) is 6.53. The number of para-hydroxylation sites is 1. The molecule has 0 aliphatic heterocycles. The fourth-order valence-corrected chi connectivity index (χ4v) is 2.78. The van der Waals surface area contributed by atoms with Crippen molar-refractivity contribution in [2.24, 2.45) is 0 Å². The molecule has 22 heavy (non-hydrogen) atoms. The molecule has 2 heterocycles. The van der Waals surface area contributed by atoms with Gasteiger partial charge < -0.3 is 0 Å². The molecule has 0 saturated carbocycles. The summed E-state index contributed by atoms with van der Waals surface area (Å²) in [5.41, 5.74) is 2.34. The molecule has 2 aromatic heterocycles. The van der Waals surface area contributed by atoms with Gasteiger partial charge in [0.1, 0.15) is 5.01 Å². The van der Waals surface area contributed by atoms with Gasteiger partial charge >= 0.3 is 0 Å². The summed E-state index contributed by atoms with van der Waals surface area (Å²) >= 11 is 1.36. The van der Waals surface area contributed by atoms with Gasteiger partial charge in [-0.2, -0.15) is 0 Å². The number of pyridine rings is 1. The molecule has 6 heteroatoms. The molecule has 0 saturated heterocycles. The zero-order valence-electron chi connectivity index (χ0n) is 12.6. The van der Waals surface area contributed by atoms with Crippen LogP contribution in [-0.4, -0.2) is 21.1 Å². The predicted molar refractivity (Wildman–Crippen MR) is 88.4 cm³/mol. The Bertz CT molecular complexity index is 841. The highest BCUT2D eigenvalue weighted by Crippen LogP contribution is 2.24. The van der Waals surface area contributed by atoms with Crippen molar-refractivity contribution in [1.82, 2.24) is 15.2 Å². The summed E-state index contributed by atoms with van der Waals surface area (Å²) in [5, 5.41) is 12.8. The molecule has 3 aromatic rings. The average molecular weight is 312 g/mol. The molecule has 3 rings (SSSR count). The minimum atomic E-state index is -0.184. The second-order valence-electron chi connectivity index (χ2n) is 5.35. The standard InChI is InChI=1S/C16H16N4OS/c1-9(2)14-8-12(11-6-4-5-7-13(11)17-14)15(21)18-16-20-19-10(3)22-16/h4-9H,1-3H3,(H,18,20,21). The first-order valence-corrected chi connectivity index (χ1v) is 7.87. The van der Waals surface area contributed by atoms with Gasteiger partial charge in [-0.3, -0.25) is 15.1 Å². The van der Waals surface area contributed by atoms with Crippen LogP contribution in [-0.2, 0) is 0 Å². The Morgan fingerprint density at radius 1 is 1.23 bits per heavy atom. The lowest BCUT2D eigenvalue weighted by Gasteiger charge is -2.11. The van der Waals surface area contributed by atoms with Gasteiger partial charge in [-0.05, 0) is 25.0 Å². The van der Waals surface area contributed by atoms with Gasteiger partial charge in [-0.15, -0.1) is 10.2 Å². The largest absolute Gasteiger partial charge is 0.296 e. The molecule has 1 amide bonds. The second kappa shape index (κ2) is 5.81. The number of nitrogens with zero attached hydrogens (tertiary/aromatic N) is 3. The molecule has 0 unspecified atom stereocenters. The minimum Gasteiger partial charge on any atom is -0.296 e. The Labute approximate surface area is 132 Å². The van der Waals surface area contributed by atoms with Crippen molar-refractivity contribution in [3.63, 3.8) is 0 Å². The monoisotopic (exact) mass is 312 g/mol. The van der Waals surface area contributed by atoms with E-state index in [1.807, 2.05) is 37.3 Å². The van der Waals surface area contributed by atoms with Crippen molar-refractivity contribution in [1.29, 1.82) is 0 Å². The maximum Gasteiger partial charge on any atom is 0.258 e. The summed E-state index contributed by atoms with van der Waals surface area (Å²) in [6, 6.07) is 9.52. The first-order chi connectivity index (χ1) is 10.5. The smallest absolute Gasteiger partial charge is 0.258 e. The minimum absolute atomic E-state index is 0.184. The van der Waals surface area contributed by atoms with E-state index in [0.29, 0.717) is 10.7 Å².